The monoisotopic (exact) mass is 441 g/mol. The molecule has 1 N–H and O–H groups in total. The summed E-state index contributed by atoms with van der Waals surface area (Å²) in [6.07, 6.45) is 5.15. The lowest BCUT2D eigenvalue weighted by molar-refractivity contribution is 0.0573. The van der Waals surface area contributed by atoms with E-state index in [-0.39, 0.29) is 17.3 Å². The highest BCUT2D eigenvalue weighted by molar-refractivity contribution is 7.89. The molecule has 2 aromatic carbocycles. The topological polar surface area (TPSA) is 69.7 Å². The van der Waals surface area contributed by atoms with Crippen molar-refractivity contribution in [2.75, 3.05) is 26.2 Å². The van der Waals surface area contributed by atoms with Gasteiger partial charge < -0.3 is 4.90 Å². The normalized spacial score (nSPS) is 18.4. The molecule has 2 aromatic rings. The summed E-state index contributed by atoms with van der Waals surface area (Å²) in [6.45, 7) is 5.14. The van der Waals surface area contributed by atoms with Crippen molar-refractivity contribution in [2.45, 2.75) is 50.1 Å². The summed E-state index contributed by atoms with van der Waals surface area (Å²) in [5.74, 6) is -0.0921. The smallest absolute Gasteiger partial charge is 0.253 e. The zero-order valence-corrected chi connectivity index (χ0v) is 18.9. The third-order valence-corrected chi connectivity index (χ3v) is 8.02. The van der Waals surface area contributed by atoms with Crippen molar-refractivity contribution in [1.29, 1.82) is 0 Å². The van der Waals surface area contributed by atoms with E-state index in [2.05, 4.69) is 9.62 Å². The van der Waals surface area contributed by atoms with E-state index in [1.54, 1.807) is 19.1 Å². The summed E-state index contributed by atoms with van der Waals surface area (Å²) >= 11 is 0. The molecule has 0 bridgehead atoms. The first-order valence-corrected chi connectivity index (χ1v) is 12.6. The summed E-state index contributed by atoms with van der Waals surface area (Å²) in [7, 11) is -3.72. The fraction of sp³-hybridized carbons (Fsp3) is 0.458. The van der Waals surface area contributed by atoms with Gasteiger partial charge in [0.2, 0.25) is 10.0 Å². The summed E-state index contributed by atoms with van der Waals surface area (Å²) in [5.41, 5.74) is 1.94. The molecule has 0 unspecified atom stereocenters. The van der Waals surface area contributed by atoms with E-state index in [9.17, 15) is 13.2 Å². The van der Waals surface area contributed by atoms with Crippen LogP contribution in [0, 0.1) is 6.92 Å². The fourth-order valence-electron chi connectivity index (χ4n) is 4.62. The molecule has 7 heteroatoms. The largest absolute Gasteiger partial charge is 0.336 e. The minimum absolute atomic E-state index is 0.0921. The number of aryl methyl sites for hydroxylation is 1. The van der Waals surface area contributed by atoms with Crippen LogP contribution in [0.15, 0.2) is 53.4 Å². The first kappa shape index (κ1) is 22.0. The lowest BCUT2D eigenvalue weighted by Crippen LogP contribution is -2.51. The molecule has 166 valence electrons. The van der Waals surface area contributed by atoms with Gasteiger partial charge in [0.15, 0.2) is 0 Å². The Kier molecular flexibility index (Phi) is 6.74. The number of benzene rings is 2. The van der Waals surface area contributed by atoms with Crippen LogP contribution < -0.4 is 4.72 Å². The summed E-state index contributed by atoms with van der Waals surface area (Å²) in [5, 5.41) is 0. The number of hydrogen-bond donors (Lipinski definition) is 1. The third kappa shape index (κ3) is 5.17. The van der Waals surface area contributed by atoms with Crippen molar-refractivity contribution in [3.8, 4) is 0 Å². The molecule has 0 radical (unpaired) electrons. The zero-order valence-electron chi connectivity index (χ0n) is 18.1. The van der Waals surface area contributed by atoms with Crippen molar-refractivity contribution in [3.63, 3.8) is 0 Å². The summed E-state index contributed by atoms with van der Waals surface area (Å²) < 4.78 is 28.5. The Morgan fingerprint density at radius 1 is 1.00 bits per heavy atom. The number of sulfonamides is 1. The van der Waals surface area contributed by atoms with Gasteiger partial charge in [-0.1, -0.05) is 49.2 Å². The quantitative estimate of drug-likeness (QED) is 0.748. The molecular formula is C24H31N3O3S. The molecule has 1 saturated heterocycles. The summed E-state index contributed by atoms with van der Waals surface area (Å²) in [6, 6.07) is 15.0. The van der Waals surface area contributed by atoms with E-state index >= 15 is 0 Å². The Hall–Kier alpha value is -2.22. The second-order valence-corrected chi connectivity index (χ2v) is 10.3. The standard InChI is InChI=1S/C24H31N3O3S/c1-19-11-12-21(17-23(19)31(29,30)25-18-20-7-3-2-4-8-20)24(28)27-15-13-26(14-16-27)22-9-5-6-10-22/h2-4,7-8,11-12,17,22,25H,5-6,9-10,13-16,18H2,1H3. The lowest BCUT2D eigenvalue weighted by Gasteiger charge is -2.38. The zero-order chi connectivity index (χ0) is 21.8. The Labute approximate surface area is 185 Å². The highest BCUT2D eigenvalue weighted by atomic mass is 32.2. The number of hydrogen-bond acceptors (Lipinski definition) is 4. The Morgan fingerprint density at radius 3 is 2.35 bits per heavy atom. The molecular weight excluding hydrogens is 410 g/mol. The predicted octanol–water partition coefficient (Wildman–Crippen LogP) is 3.17. The van der Waals surface area contributed by atoms with Crippen LogP contribution in [-0.4, -0.2) is 56.3 Å². The van der Waals surface area contributed by atoms with E-state index in [0.29, 0.717) is 30.3 Å². The van der Waals surface area contributed by atoms with E-state index in [0.717, 1.165) is 18.7 Å². The van der Waals surface area contributed by atoms with Crippen LogP contribution in [0.1, 0.15) is 47.2 Å². The fourth-order valence-corrected chi connectivity index (χ4v) is 5.90. The number of piperazine rings is 1. The highest BCUT2D eigenvalue weighted by Gasteiger charge is 2.29. The average Bonchev–Trinajstić information content (AvgIpc) is 3.33. The van der Waals surface area contributed by atoms with Crippen LogP contribution in [-0.2, 0) is 16.6 Å². The van der Waals surface area contributed by atoms with Gasteiger partial charge in [-0.05, 0) is 43.0 Å². The van der Waals surface area contributed by atoms with Gasteiger partial charge in [-0.3, -0.25) is 9.69 Å². The SMILES string of the molecule is Cc1ccc(C(=O)N2CCN(C3CCCC3)CC2)cc1S(=O)(=O)NCc1ccccc1. The van der Waals surface area contributed by atoms with Crippen molar-refractivity contribution < 1.29 is 13.2 Å². The Morgan fingerprint density at radius 2 is 1.68 bits per heavy atom. The van der Waals surface area contributed by atoms with Crippen molar-refractivity contribution in [3.05, 3.63) is 65.2 Å². The van der Waals surface area contributed by atoms with Gasteiger partial charge in [-0.25, -0.2) is 13.1 Å². The minimum Gasteiger partial charge on any atom is -0.336 e. The van der Waals surface area contributed by atoms with Crippen LogP contribution in [0.25, 0.3) is 0 Å². The molecule has 31 heavy (non-hydrogen) atoms. The Balaban J connectivity index is 1.43. The van der Waals surface area contributed by atoms with Gasteiger partial charge in [0, 0.05) is 44.3 Å². The second-order valence-electron chi connectivity index (χ2n) is 8.56. The summed E-state index contributed by atoms with van der Waals surface area (Å²) in [4.78, 5) is 17.6. The maximum Gasteiger partial charge on any atom is 0.253 e. The number of carbonyl (C=O) groups is 1. The molecule has 4 rings (SSSR count). The number of carbonyl (C=O) groups excluding carboxylic acids is 1. The van der Waals surface area contributed by atoms with Gasteiger partial charge in [-0.15, -0.1) is 0 Å². The maximum atomic E-state index is 13.1. The molecule has 2 fully saturated rings. The number of nitrogens with one attached hydrogen (secondary N) is 1. The molecule has 0 spiro atoms. The Bertz CT molecular complexity index is 1010. The minimum atomic E-state index is -3.72. The highest BCUT2D eigenvalue weighted by Crippen LogP contribution is 2.25. The van der Waals surface area contributed by atoms with Gasteiger partial charge in [0.1, 0.15) is 0 Å². The lowest BCUT2D eigenvalue weighted by atomic mass is 10.1. The van der Waals surface area contributed by atoms with E-state index in [1.807, 2.05) is 35.2 Å². The number of rotatable bonds is 6. The average molecular weight is 442 g/mol. The van der Waals surface area contributed by atoms with Gasteiger partial charge >= 0.3 is 0 Å². The first-order valence-electron chi connectivity index (χ1n) is 11.1. The number of nitrogens with zero attached hydrogens (tertiary/aromatic N) is 2. The first-order chi connectivity index (χ1) is 14.9. The van der Waals surface area contributed by atoms with Crippen LogP contribution in [0.2, 0.25) is 0 Å². The van der Waals surface area contributed by atoms with E-state index in [1.165, 1.54) is 31.7 Å². The second kappa shape index (κ2) is 9.51. The van der Waals surface area contributed by atoms with Gasteiger partial charge in [0.25, 0.3) is 5.91 Å². The maximum absolute atomic E-state index is 13.1. The molecule has 6 nitrogen and oxygen atoms in total. The van der Waals surface area contributed by atoms with Crippen molar-refractivity contribution >= 4 is 15.9 Å². The molecule has 1 heterocycles. The van der Waals surface area contributed by atoms with E-state index < -0.39 is 10.0 Å². The third-order valence-electron chi connectivity index (χ3n) is 6.48. The van der Waals surface area contributed by atoms with Crippen molar-refractivity contribution in [1.82, 2.24) is 14.5 Å². The molecule has 2 aliphatic rings. The van der Waals surface area contributed by atoms with Crippen molar-refractivity contribution in [2.24, 2.45) is 0 Å². The number of amides is 1. The van der Waals surface area contributed by atoms with Crippen LogP contribution in [0.4, 0.5) is 0 Å². The van der Waals surface area contributed by atoms with Crippen LogP contribution >= 0.6 is 0 Å². The van der Waals surface area contributed by atoms with Gasteiger partial charge in [0.05, 0.1) is 4.90 Å². The van der Waals surface area contributed by atoms with Gasteiger partial charge in [-0.2, -0.15) is 0 Å². The molecule has 0 aromatic heterocycles. The molecule has 1 amide bonds. The molecule has 1 aliphatic carbocycles. The van der Waals surface area contributed by atoms with Crippen LogP contribution in [0.3, 0.4) is 0 Å². The molecule has 1 aliphatic heterocycles. The van der Waals surface area contributed by atoms with E-state index in [4.69, 9.17) is 0 Å². The van der Waals surface area contributed by atoms with Crippen LogP contribution in [0.5, 0.6) is 0 Å². The predicted molar refractivity (Wildman–Crippen MR) is 121 cm³/mol. The molecule has 1 saturated carbocycles. The molecule has 0 atom stereocenters.